The molecule has 0 spiro atoms. The summed E-state index contributed by atoms with van der Waals surface area (Å²) < 4.78 is 1.05. The molecule has 0 heterocycles. The quantitative estimate of drug-likeness (QED) is 0.392. The lowest BCUT2D eigenvalue weighted by molar-refractivity contribution is -0.501. The van der Waals surface area contributed by atoms with Gasteiger partial charge in [0.25, 0.3) is 0 Å². The second-order valence-corrected chi connectivity index (χ2v) is 6.12. The molecule has 4 nitrogen and oxygen atoms in total. The van der Waals surface area contributed by atoms with Crippen LogP contribution >= 0.6 is 0 Å². The van der Waals surface area contributed by atoms with Crippen molar-refractivity contribution in [3.05, 3.63) is 64.9 Å². The highest BCUT2D eigenvalue weighted by Crippen LogP contribution is 2.42. The molecule has 0 radical (unpaired) electrons. The predicted molar refractivity (Wildman–Crippen MR) is 90.0 cm³/mol. The number of aromatic hydroxyl groups is 2. The molecule has 0 atom stereocenters. The van der Waals surface area contributed by atoms with Crippen LogP contribution in [0, 0.1) is 5.21 Å². The van der Waals surface area contributed by atoms with E-state index in [1.807, 2.05) is 30.3 Å². The number of hydrogen-bond acceptors (Lipinski definition) is 3. The Morgan fingerprint density at radius 2 is 1.48 bits per heavy atom. The second-order valence-electron chi connectivity index (χ2n) is 6.12. The molecule has 3 rings (SSSR count). The first-order chi connectivity index (χ1) is 11.1. The van der Waals surface area contributed by atoms with Gasteiger partial charge in [-0.3, -0.25) is 0 Å². The predicted octanol–water partition coefficient (Wildman–Crippen LogP) is 3.75. The van der Waals surface area contributed by atoms with Gasteiger partial charge in [-0.05, 0) is 43.0 Å². The van der Waals surface area contributed by atoms with Crippen molar-refractivity contribution >= 4 is 6.21 Å². The average Bonchev–Trinajstić information content (AvgIpc) is 2.56. The lowest BCUT2D eigenvalue weighted by atomic mass is 9.81. The zero-order chi connectivity index (χ0) is 16.2. The van der Waals surface area contributed by atoms with Crippen LogP contribution in [0.5, 0.6) is 11.5 Å². The molecule has 1 fully saturated rings. The average molecular weight is 311 g/mol. The highest BCUT2D eigenvalue weighted by molar-refractivity contribution is 5.75. The Kier molecular flexibility index (Phi) is 4.51. The van der Waals surface area contributed by atoms with Crippen LogP contribution in [0.3, 0.4) is 0 Å². The summed E-state index contributed by atoms with van der Waals surface area (Å²) in [6, 6.07) is 14.4. The van der Waals surface area contributed by atoms with Crippen LogP contribution in [0.25, 0.3) is 0 Å². The van der Waals surface area contributed by atoms with Crippen LogP contribution in [0.2, 0.25) is 0 Å². The second kappa shape index (κ2) is 6.73. The molecule has 1 aliphatic carbocycles. The molecule has 4 heteroatoms. The van der Waals surface area contributed by atoms with Gasteiger partial charge in [0.1, 0.15) is 11.5 Å². The third-order valence-corrected chi connectivity index (χ3v) is 4.60. The molecule has 0 saturated heterocycles. The summed E-state index contributed by atoms with van der Waals surface area (Å²) in [4.78, 5) is 0. The van der Waals surface area contributed by atoms with Crippen LogP contribution in [0.1, 0.15) is 42.7 Å². The Morgan fingerprint density at radius 3 is 2.09 bits per heavy atom. The number of phenolic OH excluding ortho intramolecular Hbond substituents is 2. The van der Waals surface area contributed by atoms with Crippen molar-refractivity contribution in [1.29, 1.82) is 0 Å². The molecule has 0 aliphatic heterocycles. The molecule has 0 bridgehead atoms. The van der Waals surface area contributed by atoms with Crippen molar-refractivity contribution in [3.8, 4) is 11.5 Å². The van der Waals surface area contributed by atoms with Crippen LogP contribution in [0.15, 0.2) is 48.5 Å². The van der Waals surface area contributed by atoms with E-state index in [2.05, 4.69) is 0 Å². The SMILES string of the molecule is [O-]/[N+](=C\c1ccccc1)[C@H]1CC[C@H](c2c(O)cccc2O)CC1. The van der Waals surface area contributed by atoms with E-state index < -0.39 is 0 Å². The molecule has 120 valence electrons. The van der Waals surface area contributed by atoms with Gasteiger partial charge in [-0.25, -0.2) is 4.74 Å². The van der Waals surface area contributed by atoms with Crippen molar-refractivity contribution in [2.24, 2.45) is 0 Å². The van der Waals surface area contributed by atoms with E-state index in [0.717, 1.165) is 36.0 Å². The minimum Gasteiger partial charge on any atom is -0.624 e. The summed E-state index contributed by atoms with van der Waals surface area (Å²) in [5, 5.41) is 32.3. The van der Waals surface area contributed by atoms with E-state index in [0.29, 0.717) is 5.56 Å². The maximum atomic E-state index is 12.3. The smallest absolute Gasteiger partial charge is 0.182 e. The Hall–Kier alpha value is -2.49. The molecule has 2 aromatic carbocycles. The normalized spacial score (nSPS) is 22.0. The summed E-state index contributed by atoms with van der Waals surface area (Å²) in [5.41, 5.74) is 1.53. The fourth-order valence-electron chi connectivity index (χ4n) is 3.37. The monoisotopic (exact) mass is 311 g/mol. The fraction of sp³-hybridized carbons (Fsp3) is 0.316. The first-order valence-electron chi connectivity index (χ1n) is 8.01. The van der Waals surface area contributed by atoms with Crippen molar-refractivity contribution in [2.45, 2.75) is 37.6 Å². The molecule has 1 saturated carbocycles. The Balaban J connectivity index is 1.68. The van der Waals surface area contributed by atoms with Gasteiger partial charge in [-0.1, -0.05) is 24.3 Å². The van der Waals surface area contributed by atoms with Gasteiger partial charge in [0.2, 0.25) is 0 Å². The van der Waals surface area contributed by atoms with Crippen LogP contribution in [0.4, 0.5) is 0 Å². The molecule has 2 aromatic rings. The zero-order valence-electron chi connectivity index (χ0n) is 12.9. The lowest BCUT2D eigenvalue weighted by Crippen LogP contribution is -2.27. The number of nitrogens with zero attached hydrogens (tertiary/aromatic N) is 1. The highest BCUT2D eigenvalue weighted by atomic mass is 16.5. The van der Waals surface area contributed by atoms with Gasteiger partial charge in [-0.15, -0.1) is 0 Å². The molecule has 2 N–H and O–H groups in total. The van der Waals surface area contributed by atoms with E-state index >= 15 is 0 Å². The minimum absolute atomic E-state index is 0.0422. The van der Waals surface area contributed by atoms with E-state index in [9.17, 15) is 15.4 Å². The van der Waals surface area contributed by atoms with E-state index in [-0.39, 0.29) is 23.5 Å². The summed E-state index contributed by atoms with van der Waals surface area (Å²) in [6.45, 7) is 0. The highest BCUT2D eigenvalue weighted by Gasteiger charge is 2.29. The Morgan fingerprint density at radius 1 is 0.870 bits per heavy atom. The standard InChI is InChI=1S/C19H21NO3/c21-17-7-4-8-18(22)19(17)15-9-11-16(12-10-15)20(23)13-14-5-2-1-3-6-14/h1-8,13,15-16,21-22H,9-12H2/b20-13-/t15-,16-. The minimum atomic E-state index is -0.0422. The van der Waals surface area contributed by atoms with E-state index in [1.165, 1.54) is 0 Å². The Labute approximate surface area is 135 Å². The van der Waals surface area contributed by atoms with Gasteiger partial charge in [0.05, 0.1) is 0 Å². The van der Waals surface area contributed by atoms with Crippen molar-refractivity contribution in [2.75, 3.05) is 0 Å². The summed E-state index contributed by atoms with van der Waals surface area (Å²) >= 11 is 0. The lowest BCUT2D eigenvalue weighted by Gasteiger charge is -2.28. The summed E-state index contributed by atoms with van der Waals surface area (Å²) in [6.07, 6.45) is 4.73. The first kappa shape index (κ1) is 15.4. The first-order valence-corrected chi connectivity index (χ1v) is 8.01. The van der Waals surface area contributed by atoms with Crippen LogP contribution in [-0.2, 0) is 0 Å². The van der Waals surface area contributed by atoms with Crippen molar-refractivity contribution < 1.29 is 15.0 Å². The topological polar surface area (TPSA) is 66.5 Å². The largest absolute Gasteiger partial charge is 0.624 e. The van der Waals surface area contributed by atoms with E-state index in [1.54, 1.807) is 24.4 Å². The zero-order valence-corrected chi connectivity index (χ0v) is 12.9. The maximum Gasteiger partial charge on any atom is 0.182 e. The van der Waals surface area contributed by atoms with Gasteiger partial charge < -0.3 is 15.4 Å². The van der Waals surface area contributed by atoms with Crippen LogP contribution in [-0.4, -0.2) is 27.2 Å². The number of rotatable bonds is 3. The molecular weight excluding hydrogens is 290 g/mol. The van der Waals surface area contributed by atoms with Gasteiger partial charge in [-0.2, -0.15) is 0 Å². The van der Waals surface area contributed by atoms with Gasteiger partial charge in [0.15, 0.2) is 12.3 Å². The Bertz CT molecular complexity index is 669. The molecule has 0 unspecified atom stereocenters. The number of hydroxylamine groups is 1. The van der Waals surface area contributed by atoms with Crippen molar-refractivity contribution in [3.63, 3.8) is 0 Å². The molecular formula is C19H21NO3. The molecule has 0 amide bonds. The third kappa shape index (κ3) is 3.47. The van der Waals surface area contributed by atoms with Crippen molar-refractivity contribution in [1.82, 2.24) is 0 Å². The van der Waals surface area contributed by atoms with E-state index in [4.69, 9.17) is 0 Å². The van der Waals surface area contributed by atoms with Crippen LogP contribution < -0.4 is 0 Å². The molecule has 0 aromatic heterocycles. The van der Waals surface area contributed by atoms with Gasteiger partial charge in [0, 0.05) is 24.0 Å². The summed E-state index contributed by atoms with van der Waals surface area (Å²) in [5.74, 6) is 0.393. The number of phenols is 2. The molecule has 23 heavy (non-hydrogen) atoms. The number of benzene rings is 2. The van der Waals surface area contributed by atoms with Gasteiger partial charge >= 0.3 is 0 Å². The third-order valence-electron chi connectivity index (χ3n) is 4.60. The summed E-state index contributed by atoms with van der Waals surface area (Å²) in [7, 11) is 0. The number of hydrogen-bond donors (Lipinski definition) is 2. The fourth-order valence-corrected chi connectivity index (χ4v) is 3.37. The maximum absolute atomic E-state index is 12.3. The molecule has 1 aliphatic rings.